The zero-order valence-electron chi connectivity index (χ0n) is 19.8. The van der Waals surface area contributed by atoms with Crippen molar-refractivity contribution in [3.63, 3.8) is 0 Å². The molecule has 1 N–H and O–H groups in total. The van der Waals surface area contributed by atoms with Gasteiger partial charge >= 0.3 is 5.97 Å². The number of rotatable bonds is 3. The number of esters is 1. The molecule has 5 unspecified atom stereocenters. The van der Waals surface area contributed by atoms with Crippen LogP contribution in [0.4, 0.5) is 0 Å². The Morgan fingerprint density at radius 3 is 2.66 bits per heavy atom. The van der Waals surface area contributed by atoms with Gasteiger partial charge in [0.05, 0.1) is 25.4 Å². The number of aliphatic hydroxyl groups is 1. The molecule has 0 aromatic rings. The van der Waals surface area contributed by atoms with Gasteiger partial charge in [-0.05, 0) is 54.8 Å². The van der Waals surface area contributed by atoms with E-state index in [-0.39, 0.29) is 47.3 Å². The Morgan fingerprint density at radius 1 is 1.19 bits per heavy atom. The number of ether oxygens (including phenoxy) is 4. The minimum atomic E-state index is -0.436. The third-order valence-corrected chi connectivity index (χ3v) is 10.6. The zero-order valence-corrected chi connectivity index (χ0v) is 19.8. The smallest absolute Gasteiger partial charge is 0.303 e. The second-order valence-corrected chi connectivity index (χ2v) is 11.8. The van der Waals surface area contributed by atoms with Crippen molar-refractivity contribution in [2.24, 2.45) is 40.4 Å². The predicted molar refractivity (Wildman–Crippen MR) is 116 cm³/mol. The van der Waals surface area contributed by atoms with E-state index in [1.807, 2.05) is 0 Å². The highest BCUT2D eigenvalue weighted by atomic mass is 16.7. The predicted octanol–water partition coefficient (Wildman–Crippen LogP) is 3.46. The van der Waals surface area contributed by atoms with Crippen LogP contribution in [0.15, 0.2) is 11.6 Å². The van der Waals surface area contributed by atoms with E-state index in [2.05, 4.69) is 26.8 Å². The Bertz CT molecular complexity index is 819. The number of fused-ring (bicyclic) bond motifs is 7. The van der Waals surface area contributed by atoms with E-state index in [0.29, 0.717) is 43.3 Å². The van der Waals surface area contributed by atoms with Crippen LogP contribution in [0.3, 0.4) is 0 Å². The maximum absolute atomic E-state index is 11.6. The van der Waals surface area contributed by atoms with E-state index in [4.69, 9.17) is 18.9 Å². The molecule has 0 aromatic heterocycles. The summed E-state index contributed by atoms with van der Waals surface area (Å²) in [5, 5.41) is 11.4. The van der Waals surface area contributed by atoms with Crippen LogP contribution in [0.1, 0.15) is 59.8 Å². The molecule has 0 spiro atoms. The summed E-state index contributed by atoms with van der Waals surface area (Å²) in [6.45, 7) is 10.00. The van der Waals surface area contributed by atoms with Crippen molar-refractivity contribution in [1.82, 2.24) is 0 Å². The maximum atomic E-state index is 11.6. The molecule has 6 nitrogen and oxygen atoms in total. The van der Waals surface area contributed by atoms with Crippen LogP contribution >= 0.6 is 0 Å². The second kappa shape index (κ2) is 7.27. The molecule has 2 aliphatic heterocycles. The van der Waals surface area contributed by atoms with Crippen LogP contribution < -0.4 is 0 Å². The van der Waals surface area contributed by atoms with Crippen molar-refractivity contribution in [1.29, 1.82) is 0 Å². The first-order valence-electron chi connectivity index (χ1n) is 12.7. The summed E-state index contributed by atoms with van der Waals surface area (Å²) in [6, 6.07) is 0. The number of hydrogen-bond acceptors (Lipinski definition) is 6. The molecule has 6 aliphatic rings. The lowest BCUT2D eigenvalue weighted by molar-refractivity contribution is -0.148. The van der Waals surface area contributed by atoms with Gasteiger partial charge < -0.3 is 24.1 Å². The standard InChI is InChI=1S/C26H38O6/c1-13(24-29-9-10-30-24)16-5-6-17-21-18(7-8-25(16,17)3)26(4)15(11-19(21)28)12-20(31-14(2)27)22-23(26)32-22/h11,13,16-24,28H,5-10,12H2,1-4H3/t13?,16-,17+,18+,19?,20?,21+,22?,23?,25-,26+/m1/s1. The summed E-state index contributed by atoms with van der Waals surface area (Å²) >= 11 is 0. The van der Waals surface area contributed by atoms with Crippen LogP contribution in [0, 0.1) is 40.4 Å². The average Bonchev–Trinajstić information content (AvgIpc) is 3.22. The normalized spacial score (nSPS) is 52.8. The number of carbonyl (C=O) groups excluding carboxylic acids is 1. The fraction of sp³-hybridized carbons (Fsp3) is 0.885. The molecular formula is C26H38O6. The molecule has 0 bridgehead atoms. The third-order valence-electron chi connectivity index (χ3n) is 10.6. The lowest BCUT2D eigenvalue weighted by Gasteiger charge is -2.58. The molecule has 2 heterocycles. The second-order valence-electron chi connectivity index (χ2n) is 11.8. The summed E-state index contributed by atoms with van der Waals surface area (Å²) in [5.74, 6) is 1.87. The Labute approximate surface area is 191 Å². The van der Waals surface area contributed by atoms with E-state index in [1.54, 1.807) is 0 Å². The van der Waals surface area contributed by atoms with E-state index in [9.17, 15) is 9.90 Å². The zero-order chi connectivity index (χ0) is 22.4. The highest BCUT2D eigenvalue weighted by Crippen LogP contribution is 2.69. The number of aliphatic hydroxyl groups excluding tert-OH is 1. The largest absolute Gasteiger partial charge is 0.459 e. The fourth-order valence-electron chi connectivity index (χ4n) is 9.11. The van der Waals surface area contributed by atoms with Gasteiger partial charge in [-0.15, -0.1) is 0 Å². The van der Waals surface area contributed by atoms with Gasteiger partial charge in [-0.1, -0.05) is 32.4 Å². The van der Waals surface area contributed by atoms with Gasteiger partial charge in [0.15, 0.2) is 6.29 Å². The molecule has 2 saturated heterocycles. The van der Waals surface area contributed by atoms with Crippen LogP contribution in [0.25, 0.3) is 0 Å². The molecule has 0 aromatic carbocycles. The molecule has 0 amide bonds. The van der Waals surface area contributed by atoms with Gasteiger partial charge in [-0.3, -0.25) is 4.79 Å². The van der Waals surface area contributed by atoms with Crippen molar-refractivity contribution in [2.75, 3.05) is 13.2 Å². The van der Waals surface area contributed by atoms with Crippen LogP contribution in [-0.4, -0.2) is 55.0 Å². The fourth-order valence-corrected chi connectivity index (χ4v) is 9.11. The number of hydrogen-bond donors (Lipinski definition) is 1. The molecule has 4 aliphatic carbocycles. The number of carbonyl (C=O) groups is 1. The minimum absolute atomic E-state index is 0.0123. The monoisotopic (exact) mass is 446 g/mol. The van der Waals surface area contributed by atoms with Crippen molar-refractivity contribution in [3.8, 4) is 0 Å². The summed E-state index contributed by atoms with van der Waals surface area (Å²) in [5.41, 5.74) is 1.39. The average molecular weight is 447 g/mol. The lowest BCUT2D eigenvalue weighted by Crippen LogP contribution is -2.57. The molecule has 11 atom stereocenters. The SMILES string of the molecule is CC(=O)OC1CC2=CC(O)[C@H]3[C@@H]4CC[C@H](C(C)C5OCCO5)[C@@]4(C)CC[C@@H]3[C@@]2(C)C2OC12. The first-order chi connectivity index (χ1) is 15.2. The Kier molecular flexibility index (Phi) is 4.90. The minimum Gasteiger partial charge on any atom is -0.459 e. The summed E-state index contributed by atoms with van der Waals surface area (Å²) < 4.78 is 23.5. The van der Waals surface area contributed by atoms with Crippen molar-refractivity contribution < 1.29 is 28.8 Å². The molecule has 0 radical (unpaired) electrons. The molecular weight excluding hydrogens is 408 g/mol. The van der Waals surface area contributed by atoms with Crippen molar-refractivity contribution in [2.45, 2.75) is 90.5 Å². The van der Waals surface area contributed by atoms with Crippen LogP contribution in [-0.2, 0) is 23.7 Å². The summed E-state index contributed by atoms with van der Waals surface area (Å²) in [6.07, 6.45) is 6.84. The molecule has 178 valence electrons. The first kappa shape index (κ1) is 21.6. The van der Waals surface area contributed by atoms with Gasteiger partial charge in [0.25, 0.3) is 0 Å². The Hall–Kier alpha value is -0.950. The van der Waals surface area contributed by atoms with Crippen LogP contribution in [0.2, 0.25) is 0 Å². The highest BCUT2D eigenvalue weighted by molar-refractivity contribution is 5.66. The van der Waals surface area contributed by atoms with Gasteiger partial charge in [-0.25, -0.2) is 0 Å². The van der Waals surface area contributed by atoms with Gasteiger partial charge in [0.2, 0.25) is 0 Å². The van der Waals surface area contributed by atoms with Gasteiger partial charge in [0.1, 0.15) is 12.2 Å². The molecule has 6 heteroatoms. The quantitative estimate of drug-likeness (QED) is 0.406. The van der Waals surface area contributed by atoms with Gasteiger partial charge in [-0.2, -0.15) is 0 Å². The van der Waals surface area contributed by atoms with E-state index < -0.39 is 6.10 Å². The molecule has 6 rings (SSSR count). The first-order valence-corrected chi connectivity index (χ1v) is 12.7. The summed E-state index contributed by atoms with van der Waals surface area (Å²) in [4.78, 5) is 11.6. The Balaban J connectivity index is 1.29. The van der Waals surface area contributed by atoms with Gasteiger partial charge in [0, 0.05) is 24.7 Å². The Morgan fingerprint density at radius 2 is 1.94 bits per heavy atom. The van der Waals surface area contributed by atoms with E-state index >= 15 is 0 Å². The van der Waals surface area contributed by atoms with Crippen molar-refractivity contribution >= 4 is 5.97 Å². The van der Waals surface area contributed by atoms with E-state index in [0.717, 1.165) is 6.42 Å². The third kappa shape index (κ3) is 2.88. The topological polar surface area (TPSA) is 77.5 Å². The molecule has 32 heavy (non-hydrogen) atoms. The molecule has 5 fully saturated rings. The lowest BCUT2D eigenvalue weighted by atomic mass is 9.46. The number of epoxide rings is 1. The van der Waals surface area contributed by atoms with Crippen molar-refractivity contribution in [3.05, 3.63) is 11.6 Å². The maximum Gasteiger partial charge on any atom is 0.303 e. The summed E-state index contributed by atoms with van der Waals surface area (Å²) in [7, 11) is 0. The van der Waals surface area contributed by atoms with Crippen LogP contribution in [0.5, 0.6) is 0 Å². The van der Waals surface area contributed by atoms with E-state index in [1.165, 1.54) is 31.8 Å². The molecule has 3 saturated carbocycles. The highest BCUT2D eigenvalue weighted by Gasteiger charge is 2.69.